The van der Waals surface area contributed by atoms with E-state index >= 15 is 0 Å². The van der Waals surface area contributed by atoms with E-state index in [0.717, 1.165) is 32.7 Å². The summed E-state index contributed by atoms with van der Waals surface area (Å²) < 4.78 is 5.94. The van der Waals surface area contributed by atoms with Crippen molar-refractivity contribution in [1.82, 2.24) is 10.6 Å². The van der Waals surface area contributed by atoms with Gasteiger partial charge in [0.25, 0.3) is 0 Å². The number of hydrogen-bond acceptors (Lipinski definition) is 3. The topological polar surface area (TPSA) is 33.3 Å². The van der Waals surface area contributed by atoms with E-state index in [1.54, 1.807) is 0 Å². The van der Waals surface area contributed by atoms with Crippen LogP contribution in [0.2, 0.25) is 0 Å². The highest BCUT2D eigenvalue weighted by atomic mass is 16.5. The van der Waals surface area contributed by atoms with Crippen LogP contribution in [-0.2, 0) is 11.3 Å². The zero-order valence-corrected chi connectivity index (χ0v) is 12.2. The highest BCUT2D eigenvalue weighted by Gasteiger charge is 2.18. The molecule has 1 aromatic rings. The van der Waals surface area contributed by atoms with Crippen molar-refractivity contribution < 1.29 is 4.74 Å². The first kappa shape index (κ1) is 14.1. The lowest BCUT2D eigenvalue weighted by Gasteiger charge is -2.20. The molecule has 0 saturated heterocycles. The van der Waals surface area contributed by atoms with Crippen LogP contribution in [0.5, 0.6) is 0 Å². The standard InChI is InChI=1S/C17H26N2O/c1-4-8-16-14(5-1)13-18-10-9-17(16)19-11-12-20-15-6-2-3-7-15/h1,4-5,8,15,17-19H,2-3,6-7,9-13H2. The third-order valence-electron chi connectivity index (χ3n) is 4.50. The van der Waals surface area contributed by atoms with Crippen LogP contribution in [0.3, 0.4) is 0 Å². The molecule has 1 aliphatic carbocycles. The molecule has 110 valence electrons. The van der Waals surface area contributed by atoms with Crippen molar-refractivity contribution in [3.05, 3.63) is 35.4 Å². The van der Waals surface area contributed by atoms with Gasteiger partial charge in [0.05, 0.1) is 12.7 Å². The normalized spacial score (nSPS) is 23.5. The SMILES string of the molecule is c1ccc2c(c1)CNCCC2NCCOC1CCCC1. The molecule has 0 spiro atoms. The first-order valence-corrected chi connectivity index (χ1v) is 8.07. The number of rotatable bonds is 5. The van der Waals surface area contributed by atoms with E-state index in [1.807, 2.05) is 0 Å². The molecule has 1 atom stereocenters. The summed E-state index contributed by atoms with van der Waals surface area (Å²) in [7, 11) is 0. The van der Waals surface area contributed by atoms with Gasteiger partial charge in [0.15, 0.2) is 0 Å². The van der Waals surface area contributed by atoms with Crippen LogP contribution in [0.25, 0.3) is 0 Å². The lowest BCUT2D eigenvalue weighted by atomic mass is 9.99. The second-order valence-electron chi connectivity index (χ2n) is 5.95. The molecule has 3 rings (SSSR count). The molecule has 2 N–H and O–H groups in total. The first-order valence-electron chi connectivity index (χ1n) is 8.07. The van der Waals surface area contributed by atoms with E-state index in [2.05, 4.69) is 34.9 Å². The summed E-state index contributed by atoms with van der Waals surface area (Å²) in [6.07, 6.45) is 6.90. The third-order valence-corrected chi connectivity index (χ3v) is 4.50. The van der Waals surface area contributed by atoms with Crippen molar-refractivity contribution in [2.45, 2.75) is 50.8 Å². The summed E-state index contributed by atoms with van der Waals surface area (Å²) in [5.41, 5.74) is 2.89. The summed E-state index contributed by atoms with van der Waals surface area (Å²) in [6.45, 7) is 3.87. The van der Waals surface area contributed by atoms with Gasteiger partial charge in [0, 0.05) is 19.1 Å². The van der Waals surface area contributed by atoms with Crippen LogP contribution in [0.1, 0.15) is 49.3 Å². The van der Waals surface area contributed by atoms with Crippen LogP contribution in [0.15, 0.2) is 24.3 Å². The van der Waals surface area contributed by atoms with Gasteiger partial charge < -0.3 is 15.4 Å². The number of ether oxygens (including phenoxy) is 1. The van der Waals surface area contributed by atoms with Gasteiger partial charge in [0.1, 0.15) is 0 Å². The molecule has 1 fully saturated rings. The Bertz CT molecular complexity index is 415. The second kappa shape index (κ2) is 7.21. The summed E-state index contributed by atoms with van der Waals surface area (Å²) >= 11 is 0. The monoisotopic (exact) mass is 274 g/mol. The van der Waals surface area contributed by atoms with Gasteiger partial charge in [-0.3, -0.25) is 0 Å². The molecule has 2 aliphatic rings. The maximum absolute atomic E-state index is 5.94. The van der Waals surface area contributed by atoms with Gasteiger partial charge in [-0.15, -0.1) is 0 Å². The third kappa shape index (κ3) is 3.60. The number of fused-ring (bicyclic) bond motifs is 1. The molecule has 1 unspecified atom stereocenters. The zero-order chi connectivity index (χ0) is 13.6. The van der Waals surface area contributed by atoms with E-state index in [9.17, 15) is 0 Å². The average Bonchev–Trinajstić information content (AvgIpc) is 2.91. The van der Waals surface area contributed by atoms with Gasteiger partial charge in [-0.1, -0.05) is 37.1 Å². The van der Waals surface area contributed by atoms with Crippen LogP contribution in [0.4, 0.5) is 0 Å². The fourth-order valence-corrected chi connectivity index (χ4v) is 3.39. The van der Waals surface area contributed by atoms with Crippen molar-refractivity contribution in [3.63, 3.8) is 0 Å². The number of benzene rings is 1. The first-order chi connectivity index (χ1) is 9.93. The summed E-state index contributed by atoms with van der Waals surface area (Å²) in [5, 5.41) is 7.17. The summed E-state index contributed by atoms with van der Waals surface area (Å²) in [5.74, 6) is 0. The van der Waals surface area contributed by atoms with E-state index in [-0.39, 0.29) is 0 Å². The number of hydrogen-bond donors (Lipinski definition) is 2. The molecule has 3 heteroatoms. The molecule has 20 heavy (non-hydrogen) atoms. The Hall–Kier alpha value is -0.900. The van der Waals surface area contributed by atoms with Crippen molar-refractivity contribution >= 4 is 0 Å². The molecule has 3 nitrogen and oxygen atoms in total. The Morgan fingerprint density at radius 1 is 1.15 bits per heavy atom. The van der Waals surface area contributed by atoms with Crippen molar-refractivity contribution in [2.24, 2.45) is 0 Å². The maximum atomic E-state index is 5.94. The van der Waals surface area contributed by atoms with Crippen molar-refractivity contribution in [2.75, 3.05) is 19.7 Å². The molecular formula is C17H26N2O. The quantitative estimate of drug-likeness (QED) is 0.810. The minimum Gasteiger partial charge on any atom is -0.377 e. The van der Waals surface area contributed by atoms with Gasteiger partial charge >= 0.3 is 0 Å². The Morgan fingerprint density at radius 2 is 2.00 bits per heavy atom. The minimum atomic E-state index is 0.466. The highest BCUT2D eigenvalue weighted by molar-refractivity contribution is 5.30. The minimum absolute atomic E-state index is 0.466. The van der Waals surface area contributed by atoms with E-state index in [4.69, 9.17) is 4.74 Å². The van der Waals surface area contributed by atoms with E-state index in [0.29, 0.717) is 12.1 Å². The molecule has 1 aliphatic heterocycles. The number of nitrogens with one attached hydrogen (secondary N) is 2. The Labute approximate surface area is 122 Å². The Balaban J connectivity index is 1.49. The molecule has 0 bridgehead atoms. The van der Waals surface area contributed by atoms with Gasteiger partial charge in [-0.05, 0) is 36.9 Å². The average molecular weight is 274 g/mol. The van der Waals surface area contributed by atoms with Crippen LogP contribution in [0, 0.1) is 0 Å². The largest absolute Gasteiger partial charge is 0.377 e. The van der Waals surface area contributed by atoms with Crippen molar-refractivity contribution in [3.8, 4) is 0 Å². The molecule has 0 amide bonds. The van der Waals surface area contributed by atoms with Crippen LogP contribution < -0.4 is 10.6 Å². The molecule has 1 aromatic carbocycles. The fraction of sp³-hybridized carbons (Fsp3) is 0.647. The predicted molar refractivity (Wildman–Crippen MR) is 81.7 cm³/mol. The fourth-order valence-electron chi connectivity index (χ4n) is 3.39. The van der Waals surface area contributed by atoms with E-state index in [1.165, 1.54) is 36.8 Å². The van der Waals surface area contributed by atoms with Crippen LogP contribution >= 0.6 is 0 Å². The van der Waals surface area contributed by atoms with Gasteiger partial charge in [0.2, 0.25) is 0 Å². The summed E-state index contributed by atoms with van der Waals surface area (Å²) in [6, 6.07) is 9.24. The van der Waals surface area contributed by atoms with Crippen molar-refractivity contribution in [1.29, 1.82) is 0 Å². The lowest BCUT2D eigenvalue weighted by molar-refractivity contribution is 0.0590. The van der Waals surface area contributed by atoms with E-state index < -0.39 is 0 Å². The molecular weight excluding hydrogens is 248 g/mol. The predicted octanol–water partition coefficient (Wildman–Crippen LogP) is 2.77. The Kier molecular flexibility index (Phi) is 5.06. The molecule has 1 heterocycles. The molecule has 0 aromatic heterocycles. The highest BCUT2D eigenvalue weighted by Crippen LogP contribution is 2.23. The maximum Gasteiger partial charge on any atom is 0.0594 e. The zero-order valence-electron chi connectivity index (χ0n) is 12.2. The second-order valence-corrected chi connectivity index (χ2v) is 5.95. The van der Waals surface area contributed by atoms with Crippen LogP contribution in [-0.4, -0.2) is 25.8 Å². The molecule has 1 saturated carbocycles. The lowest BCUT2D eigenvalue weighted by Crippen LogP contribution is -2.27. The summed E-state index contributed by atoms with van der Waals surface area (Å²) in [4.78, 5) is 0. The molecule has 0 radical (unpaired) electrons. The smallest absolute Gasteiger partial charge is 0.0594 e. The Morgan fingerprint density at radius 3 is 2.90 bits per heavy atom. The van der Waals surface area contributed by atoms with Gasteiger partial charge in [-0.25, -0.2) is 0 Å². The van der Waals surface area contributed by atoms with Gasteiger partial charge in [-0.2, -0.15) is 0 Å².